The van der Waals surface area contributed by atoms with E-state index in [1.165, 1.54) is 36.0 Å². The zero-order chi connectivity index (χ0) is 27.3. The third kappa shape index (κ3) is 8.45. The molecule has 0 fully saturated rings. The number of amides is 2. The highest BCUT2D eigenvalue weighted by atomic mass is 32.2. The first kappa shape index (κ1) is 28.4. The predicted molar refractivity (Wildman–Crippen MR) is 153 cm³/mol. The summed E-state index contributed by atoms with van der Waals surface area (Å²) in [6.07, 6.45) is 1.55. The van der Waals surface area contributed by atoms with Gasteiger partial charge in [-0.3, -0.25) is 19.7 Å². The third-order valence-electron chi connectivity index (χ3n) is 5.77. The number of carbonyl (C=O) groups is 2. The summed E-state index contributed by atoms with van der Waals surface area (Å²) in [6, 6.07) is 22.0. The highest BCUT2D eigenvalue weighted by molar-refractivity contribution is 7.98. The Kier molecular flexibility index (Phi) is 10.9. The number of rotatable bonds is 13. The van der Waals surface area contributed by atoms with Gasteiger partial charge in [0.2, 0.25) is 0 Å². The SMILES string of the molecule is CCN(CC)c1ccc(/C=N/NC(=O)C(CSCc2ccccc2)NC(=O)c2ccc([N+](=O)[O-])cc2)cc1. The number of carbonyl (C=O) groups excluding carboxylic acids is 2. The molecule has 10 heteroatoms. The molecule has 3 rings (SSSR count). The van der Waals surface area contributed by atoms with Gasteiger partial charge < -0.3 is 10.2 Å². The molecular formula is C28H31N5O4S. The van der Waals surface area contributed by atoms with E-state index in [1.54, 1.807) is 6.21 Å². The van der Waals surface area contributed by atoms with Crippen LogP contribution in [0.3, 0.4) is 0 Å². The lowest BCUT2D eigenvalue weighted by Crippen LogP contribution is -2.47. The minimum atomic E-state index is -0.867. The molecule has 0 radical (unpaired) electrons. The van der Waals surface area contributed by atoms with Gasteiger partial charge in [-0.25, -0.2) is 5.43 Å². The molecule has 0 heterocycles. The van der Waals surface area contributed by atoms with Crippen LogP contribution in [0.1, 0.15) is 35.3 Å². The molecule has 2 amide bonds. The van der Waals surface area contributed by atoms with Crippen molar-refractivity contribution in [2.45, 2.75) is 25.6 Å². The van der Waals surface area contributed by atoms with Gasteiger partial charge in [0.05, 0.1) is 11.1 Å². The van der Waals surface area contributed by atoms with Crippen molar-refractivity contribution in [3.63, 3.8) is 0 Å². The van der Waals surface area contributed by atoms with E-state index in [2.05, 4.69) is 34.6 Å². The van der Waals surface area contributed by atoms with E-state index in [0.717, 1.165) is 29.9 Å². The second-order valence-corrected chi connectivity index (χ2v) is 9.36. The monoisotopic (exact) mass is 533 g/mol. The van der Waals surface area contributed by atoms with Gasteiger partial charge in [0, 0.05) is 48.0 Å². The Morgan fingerprint density at radius 1 is 1.00 bits per heavy atom. The number of anilines is 1. The number of non-ortho nitro benzene ring substituents is 1. The maximum Gasteiger partial charge on any atom is 0.269 e. The zero-order valence-corrected chi connectivity index (χ0v) is 22.2. The molecule has 0 aromatic heterocycles. The third-order valence-corrected chi connectivity index (χ3v) is 6.87. The summed E-state index contributed by atoms with van der Waals surface area (Å²) in [5.74, 6) is 0.0152. The van der Waals surface area contributed by atoms with E-state index in [1.807, 2.05) is 54.6 Å². The molecule has 0 aliphatic carbocycles. The number of thioether (sulfide) groups is 1. The number of hydrogen-bond acceptors (Lipinski definition) is 7. The lowest BCUT2D eigenvalue weighted by atomic mass is 10.2. The fraction of sp³-hybridized carbons (Fsp3) is 0.250. The molecule has 1 atom stereocenters. The lowest BCUT2D eigenvalue weighted by molar-refractivity contribution is -0.384. The molecule has 3 aromatic carbocycles. The fourth-order valence-corrected chi connectivity index (χ4v) is 4.65. The second kappa shape index (κ2) is 14.5. The van der Waals surface area contributed by atoms with Gasteiger partial charge >= 0.3 is 0 Å². The highest BCUT2D eigenvalue weighted by Crippen LogP contribution is 2.16. The number of nitro groups is 1. The molecular weight excluding hydrogens is 502 g/mol. The molecule has 3 aromatic rings. The van der Waals surface area contributed by atoms with Crippen LogP contribution in [0.15, 0.2) is 84.0 Å². The molecule has 0 aliphatic rings. The normalized spacial score (nSPS) is 11.6. The minimum absolute atomic E-state index is 0.117. The van der Waals surface area contributed by atoms with Gasteiger partial charge in [-0.2, -0.15) is 16.9 Å². The summed E-state index contributed by atoms with van der Waals surface area (Å²) in [4.78, 5) is 38.3. The van der Waals surface area contributed by atoms with E-state index in [-0.39, 0.29) is 11.3 Å². The number of nitro benzene ring substituents is 1. The first-order chi connectivity index (χ1) is 18.4. The average Bonchev–Trinajstić information content (AvgIpc) is 2.94. The maximum absolute atomic E-state index is 13.0. The summed E-state index contributed by atoms with van der Waals surface area (Å²) in [5.41, 5.74) is 5.67. The van der Waals surface area contributed by atoms with Crippen LogP contribution in [-0.4, -0.2) is 47.8 Å². The van der Waals surface area contributed by atoms with Gasteiger partial charge in [0.25, 0.3) is 17.5 Å². The van der Waals surface area contributed by atoms with Crippen LogP contribution >= 0.6 is 11.8 Å². The van der Waals surface area contributed by atoms with Crippen LogP contribution in [0.5, 0.6) is 0 Å². The summed E-state index contributed by atoms with van der Waals surface area (Å²) >= 11 is 1.50. The molecule has 0 spiro atoms. The highest BCUT2D eigenvalue weighted by Gasteiger charge is 2.22. The second-order valence-electron chi connectivity index (χ2n) is 8.33. The number of hydrazone groups is 1. The molecule has 0 bridgehead atoms. The molecule has 2 N–H and O–H groups in total. The van der Waals surface area contributed by atoms with Gasteiger partial charge in [0.15, 0.2) is 0 Å². The Labute approximate surface area is 226 Å². The van der Waals surface area contributed by atoms with Crippen molar-refractivity contribution in [1.29, 1.82) is 0 Å². The van der Waals surface area contributed by atoms with Gasteiger partial charge in [-0.1, -0.05) is 42.5 Å². The van der Waals surface area contributed by atoms with E-state index in [4.69, 9.17) is 0 Å². The molecule has 9 nitrogen and oxygen atoms in total. The van der Waals surface area contributed by atoms with Gasteiger partial charge in [0.1, 0.15) is 6.04 Å². The van der Waals surface area contributed by atoms with Crippen molar-refractivity contribution >= 4 is 41.2 Å². The van der Waals surface area contributed by atoms with E-state index >= 15 is 0 Å². The zero-order valence-electron chi connectivity index (χ0n) is 21.4. The Hall–Kier alpha value is -4.18. The van der Waals surface area contributed by atoms with Crippen molar-refractivity contribution in [3.05, 3.63) is 106 Å². The fourth-order valence-electron chi connectivity index (χ4n) is 3.64. The van der Waals surface area contributed by atoms with Crippen molar-refractivity contribution in [2.24, 2.45) is 5.10 Å². The van der Waals surface area contributed by atoms with Crippen LogP contribution in [0.2, 0.25) is 0 Å². The molecule has 198 valence electrons. The van der Waals surface area contributed by atoms with Crippen molar-refractivity contribution in [2.75, 3.05) is 23.7 Å². The number of benzene rings is 3. The first-order valence-corrected chi connectivity index (χ1v) is 13.4. The van der Waals surface area contributed by atoms with Crippen LogP contribution in [-0.2, 0) is 10.5 Å². The van der Waals surface area contributed by atoms with E-state index in [0.29, 0.717) is 11.5 Å². The minimum Gasteiger partial charge on any atom is -0.372 e. The van der Waals surface area contributed by atoms with Crippen LogP contribution in [0.4, 0.5) is 11.4 Å². The van der Waals surface area contributed by atoms with Gasteiger partial charge in [-0.05, 0) is 49.2 Å². The van der Waals surface area contributed by atoms with Crippen LogP contribution in [0.25, 0.3) is 0 Å². The Bertz CT molecular complexity index is 1230. The van der Waals surface area contributed by atoms with Crippen molar-refractivity contribution < 1.29 is 14.5 Å². The average molecular weight is 534 g/mol. The molecule has 1 unspecified atom stereocenters. The van der Waals surface area contributed by atoms with E-state index < -0.39 is 22.8 Å². The van der Waals surface area contributed by atoms with E-state index in [9.17, 15) is 19.7 Å². The summed E-state index contributed by atoms with van der Waals surface area (Å²) < 4.78 is 0. The molecule has 0 saturated carbocycles. The Morgan fingerprint density at radius 3 is 2.26 bits per heavy atom. The number of nitrogens with zero attached hydrogens (tertiary/aromatic N) is 3. The van der Waals surface area contributed by atoms with Crippen LogP contribution < -0.4 is 15.6 Å². The number of hydrogen-bond donors (Lipinski definition) is 2. The van der Waals surface area contributed by atoms with Crippen LogP contribution in [0, 0.1) is 10.1 Å². The first-order valence-electron chi connectivity index (χ1n) is 12.3. The largest absolute Gasteiger partial charge is 0.372 e. The Balaban J connectivity index is 1.65. The lowest BCUT2D eigenvalue weighted by Gasteiger charge is -2.20. The molecule has 0 aliphatic heterocycles. The van der Waals surface area contributed by atoms with Crippen molar-refractivity contribution in [1.82, 2.24) is 10.7 Å². The topological polar surface area (TPSA) is 117 Å². The van der Waals surface area contributed by atoms with Crippen molar-refractivity contribution in [3.8, 4) is 0 Å². The standard InChI is InChI=1S/C28H31N5O4S/c1-3-32(4-2)24-14-10-21(11-15-24)18-29-31-28(35)26(20-38-19-22-8-6-5-7-9-22)30-27(34)23-12-16-25(17-13-23)33(36)37/h5-18,26H,3-4,19-20H2,1-2H3,(H,30,34)(H,31,35)/b29-18+. The molecule has 0 saturated heterocycles. The number of nitrogens with one attached hydrogen (secondary N) is 2. The predicted octanol–water partition coefficient (Wildman–Crippen LogP) is 4.62. The maximum atomic E-state index is 13.0. The summed E-state index contributed by atoms with van der Waals surface area (Å²) in [5, 5.41) is 17.7. The van der Waals surface area contributed by atoms with Gasteiger partial charge in [-0.15, -0.1) is 0 Å². The summed E-state index contributed by atoms with van der Waals surface area (Å²) in [7, 11) is 0. The quantitative estimate of drug-likeness (QED) is 0.188. The summed E-state index contributed by atoms with van der Waals surface area (Å²) in [6.45, 7) is 6.03. The Morgan fingerprint density at radius 2 is 1.66 bits per heavy atom. The smallest absolute Gasteiger partial charge is 0.269 e. The molecule has 38 heavy (non-hydrogen) atoms.